The number of rotatable bonds is 4. The van der Waals surface area contributed by atoms with Gasteiger partial charge in [0.2, 0.25) is 0 Å². The van der Waals surface area contributed by atoms with E-state index in [1.807, 2.05) is 31.2 Å². The molecule has 5 heteroatoms. The summed E-state index contributed by atoms with van der Waals surface area (Å²) in [6, 6.07) is 11.5. The molecule has 1 atom stereocenters. The Kier molecular flexibility index (Phi) is 4.94. The van der Waals surface area contributed by atoms with Crippen LogP contribution in [0.4, 0.5) is 4.39 Å². The minimum Gasteiger partial charge on any atom is -0.489 e. The number of halogens is 2. The molecular formula is C16H14BrFN2O. The van der Waals surface area contributed by atoms with E-state index in [2.05, 4.69) is 15.9 Å². The number of nitrogens with zero attached hydrogens (tertiary/aromatic N) is 1. The molecule has 2 aromatic carbocycles. The summed E-state index contributed by atoms with van der Waals surface area (Å²) < 4.78 is 20.0. The van der Waals surface area contributed by atoms with Gasteiger partial charge >= 0.3 is 0 Å². The Balaban J connectivity index is 2.21. The lowest BCUT2D eigenvalue weighted by Crippen LogP contribution is -2.08. The van der Waals surface area contributed by atoms with Gasteiger partial charge in [0.1, 0.15) is 18.2 Å². The van der Waals surface area contributed by atoms with Crippen molar-refractivity contribution in [2.75, 3.05) is 0 Å². The molecule has 0 amide bonds. The van der Waals surface area contributed by atoms with Crippen LogP contribution in [-0.2, 0) is 6.61 Å². The molecule has 0 saturated heterocycles. The Labute approximate surface area is 131 Å². The second-order valence-electron chi connectivity index (χ2n) is 4.72. The molecule has 0 aliphatic heterocycles. The highest BCUT2D eigenvalue weighted by atomic mass is 79.9. The highest BCUT2D eigenvalue weighted by Gasteiger charge is 2.10. The zero-order valence-corrected chi connectivity index (χ0v) is 13.0. The molecule has 2 aromatic rings. The first kappa shape index (κ1) is 15.5. The molecule has 2 rings (SSSR count). The molecule has 0 radical (unpaired) electrons. The van der Waals surface area contributed by atoms with E-state index in [-0.39, 0.29) is 18.2 Å². The number of nitrogens with two attached hydrogens (primary N) is 1. The predicted molar refractivity (Wildman–Crippen MR) is 82.2 cm³/mol. The van der Waals surface area contributed by atoms with Gasteiger partial charge in [-0.2, -0.15) is 5.26 Å². The molecule has 2 N–H and O–H groups in total. The van der Waals surface area contributed by atoms with Crippen molar-refractivity contribution in [3.63, 3.8) is 0 Å². The zero-order chi connectivity index (χ0) is 15.4. The van der Waals surface area contributed by atoms with E-state index in [0.717, 1.165) is 10.0 Å². The minimum atomic E-state index is -0.448. The molecule has 0 fully saturated rings. The number of benzene rings is 2. The van der Waals surface area contributed by atoms with Crippen LogP contribution in [0.3, 0.4) is 0 Å². The number of hydrogen-bond acceptors (Lipinski definition) is 3. The van der Waals surface area contributed by atoms with Gasteiger partial charge in [-0.25, -0.2) is 4.39 Å². The third-order valence-corrected chi connectivity index (χ3v) is 3.44. The largest absolute Gasteiger partial charge is 0.489 e. The molecule has 108 valence electrons. The van der Waals surface area contributed by atoms with Crippen molar-refractivity contribution in [2.45, 2.75) is 19.6 Å². The first-order chi connectivity index (χ1) is 9.99. The summed E-state index contributed by atoms with van der Waals surface area (Å²) in [5.74, 6) is 0.201. The van der Waals surface area contributed by atoms with Gasteiger partial charge in [-0.05, 0) is 48.9 Å². The molecule has 0 aliphatic rings. The summed E-state index contributed by atoms with van der Waals surface area (Å²) in [6.45, 7) is 2.04. The Bertz CT molecular complexity index is 695. The number of hydrogen-bond donors (Lipinski definition) is 1. The average molecular weight is 349 g/mol. The van der Waals surface area contributed by atoms with Crippen LogP contribution in [0.2, 0.25) is 0 Å². The molecule has 0 aliphatic carbocycles. The van der Waals surface area contributed by atoms with Crippen molar-refractivity contribution in [3.05, 3.63) is 63.4 Å². The second-order valence-corrected chi connectivity index (χ2v) is 5.64. The van der Waals surface area contributed by atoms with Crippen LogP contribution in [0.5, 0.6) is 5.75 Å². The van der Waals surface area contributed by atoms with E-state index in [1.165, 1.54) is 12.1 Å². The van der Waals surface area contributed by atoms with E-state index in [9.17, 15) is 4.39 Å². The molecular weight excluding hydrogens is 335 g/mol. The molecule has 0 saturated carbocycles. The predicted octanol–water partition coefficient (Wildman–Crippen LogP) is 4.06. The Morgan fingerprint density at radius 1 is 1.33 bits per heavy atom. The second kappa shape index (κ2) is 6.70. The van der Waals surface area contributed by atoms with Gasteiger partial charge in [0.25, 0.3) is 0 Å². The van der Waals surface area contributed by atoms with Crippen LogP contribution in [0.25, 0.3) is 0 Å². The van der Waals surface area contributed by atoms with Crippen LogP contribution >= 0.6 is 15.9 Å². The maximum atomic E-state index is 13.4. The minimum absolute atomic E-state index is 0.174. The van der Waals surface area contributed by atoms with Crippen LogP contribution in [0.1, 0.15) is 29.7 Å². The van der Waals surface area contributed by atoms with Crippen LogP contribution < -0.4 is 10.5 Å². The summed E-state index contributed by atoms with van der Waals surface area (Å²) in [7, 11) is 0. The summed E-state index contributed by atoms with van der Waals surface area (Å²) in [5, 5.41) is 8.84. The van der Waals surface area contributed by atoms with Crippen molar-refractivity contribution >= 4 is 15.9 Å². The average Bonchev–Trinajstić information content (AvgIpc) is 2.45. The van der Waals surface area contributed by atoms with Gasteiger partial charge in [-0.3, -0.25) is 0 Å². The Morgan fingerprint density at radius 2 is 2.10 bits per heavy atom. The van der Waals surface area contributed by atoms with Crippen LogP contribution in [0, 0.1) is 17.1 Å². The summed E-state index contributed by atoms with van der Waals surface area (Å²) in [5.41, 5.74) is 7.66. The smallest absolute Gasteiger partial charge is 0.124 e. The molecule has 0 bridgehead atoms. The van der Waals surface area contributed by atoms with Crippen LogP contribution in [-0.4, -0.2) is 0 Å². The first-order valence-electron chi connectivity index (χ1n) is 6.37. The molecule has 3 nitrogen and oxygen atoms in total. The van der Waals surface area contributed by atoms with E-state index in [0.29, 0.717) is 11.3 Å². The molecule has 0 spiro atoms. The number of nitriles is 1. The van der Waals surface area contributed by atoms with Crippen molar-refractivity contribution in [3.8, 4) is 11.8 Å². The van der Waals surface area contributed by atoms with Gasteiger partial charge in [0, 0.05) is 16.1 Å². The lowest BCUT2D eigenvalue weighted by atomic mass is 10.1. The van der Waals surface area contributed by atoms with E-state index >= 15 is 0 Å². The molecule has 0 heterocycles. The summed E-state index contributed by atoms with van der Waals surface area (Å²) in [6.07, 6.45) is 0. The van der Waals surface area contributed by atoms with Crippen molar-refractivity contribution < 1.29 is 9.13 Å². The van der Waals surface area contributed by atoms with Crippen molar-refractivity contribution in [1.29, 1.82) is 5.26 Å². The van der Waals surface area contributed by atoms with E-state index in [4.69, 9.17) is 15.7 Å². The highest BCUT2D eigenvalue weighted by Crippen LogP contribution is 2.28. The first-order valence-corrected chi connectivity index (χ1v) is 7.16. The van der Waals surface area contributed by atoms with Gasteiger partial charge in [-0.15, -0.1) is 0 Å². The Morgan fingerprint density at radius 3 is 2.76 bits per heavy atom. The van der Waals surface area contributed by atoms with Gasteiger partial charge in [-0.1, -0.05) is 15.9 Å². The SMILES string of the molecule is C[C@@H](N)c1cc(Br)ccc1OCc1cc(F)cc(C#N)c1. The summed E-state index contributed by atoms with van der Waals surface area (Å²) in [4.78, 5) is 0. The Hall–Kier alpha value is -1.90. The lowest BCUT2D eigenvalue weighted by molar-refractivity contribution is 0.301. The quantitative estimate of drug-likeness (QED) is 0.906. The molecule has 0 aromatic heterocycles. The zero-order valence-electron chi connectivity index (χ0n) is 11.4. The standard InChI is InChI=1S/C16H14BrFN2O/c1-10(20)15-7-13(17)2-3-16(15)21-9-12-4-11(8-19)5-14(18)6-12/h2-7,10H,9,20H2,1H3/t10-/m1/s1. The van der Waals surface area contributed by atoms with Crippen molar-refractivity contribution in [2.24, 2.45) is 5.73 Å². The molecule has 21 heavy (non-hydrogen) atoms. The maximum Gasteiger partial charge on any atom is 0.124 e. The van der Waals surface area contributed by atoms with Gasteiger partial charge in [0.05, 0.1) is 11.6 Å². The normalized spacial score (nSPS) is 11.8. The highest BCUT2D eigenvalue weighted by molar-refractivity contribution is 9.10. The monoisotopic (exact) mass is 348 g/mol. The third-order valence-electron chi connectivity index (χ3n) is 2.94. The maximum absolute atomic E-state index is 13.4. The lowest BCUT2D eigenvalue weighted by Gasteiger charge is -2.14. The topological polar surface area (TPSA) is 59.0 Å². The third kappa shape index (κ3) is 4.03. The fourth-order valence-electron chi connectivity index (χ4n) is 1.97. The summed E-state index contributed by atoms with van der Waals surface area (Å²) >= 11 is 3.39. The number of ether oxygens (including phenoxy) is 1. The van der Waals surface area contributed by atoms with E-state index in [1.54, 1.807) is 6.07 Å². The van der Waals surface area contributed by atoms with Crippen molar-refractivity contribution in [1.82, 2.24) is 0 Å². The van der Waals surface area contributed by atoms with Gasteiger partial charge in [0.15, 0.2) is 0 Å². The molecule has 0 unspecified atom stereocenters. The van der Waals surface area contributed by atoms with Gasteiger partial charge < -0.3 is 10.5 Å². The fourth-order valence-corrected chi connectivity index (χ4v) is 2.34. The van der Waals surface area contributed by atoms with Crippen LogP contribution in [0.15, 0.2) is 40.9 Å². The van der Waals surface area contributed by atoms with E-state index < -0.39 is 5.82 Å². The fraction of sp³-hybridized carbons (Fsp3) is 0.188.